The van der Waals surface area contributed by atoms with Gasteiger partial charge >= 0.3 is 0 Å². The zero-order valence-corrected chi connectivity index (χ0v) is 15.0. The summed E-state index contributed by atoms with van der Waals surface area (Å²) >= 11 is 1.56. The lowest BCUT2D eigenvalue weighted by molar-refractivity contribution is 0.116. The Hall–Kier alpha value is -2.40. The lowest BCUT2D eigenvalue weighted by Gasteiger charge is -2.33. The average Bonchev–Trinajstić information content (AvgIpc) is 3.04. The number of halogens is 1. The second-order valence-corrected chi connectivity index (χ2v) is 7.76. The quantitative estimate of drug-likeness (QED) is 0.708. The summed E-state index contributed by atoms with van der Waals surface area (Å²) in [4.78, 5) is 4.68. The molecule has 1 aliphatic rings. The number of nitrogens with zero attached hydrogens (tertiary/aromatic N) is 1. The van der Waals surface area contributed by atoms with Gasteiger partial charge in [0.15, 0.2) is 0 Å². The van der Waals surface area contributed by atoms with E-state index in [2.05, 4.69) is 30.2 Å². The van der Waals surface area contributed by atoms with Crippen LogP contribution in [-0.2, 0) is 6.42 Å². The van der Waals surface area contributed by atoms with Crippen LogP contribution in [0.15, 0.2) is 47.8 Å². The number of anilines is 1. The highest BCUT2D eigenvalue weighted by Crippen LogP contribution is 2.36. The van der Waals surface area contributed by atoms with Gasteiger partial charge in [-0.25, -0.2) is 9.37 Å². The molecule has 2 aromatic carbocycles. The molecule has 4 rings (SSSR count). The number of thiazole rings is 1. The van der Waals surface area contributed by atoms with E-state index in [9.17, 15) is 4.39 Å². The van der Waals surface area contributed by atoms with E-state index in [0.717, 1.165) is 34.2 Å². The SMILES string of the molecule is CC1(C)CNc2cc(-c3csc(Cc4ccccc4F)n3)ccc2O1. The molecule has 0 spiro atoms. The Morgan fingerprint density at radius 1 is 1.24 bits per heavy atom. The van der Waals surface area contributed by atoms with Crippen LogP contribution in [0.1, 0.15) is 24.4 Å². The van der Waals surface area contributed by atoms with E-state index >= 15 is 0 Å². The van der Waals surface area contributed by atoms with Crippen molar-refractivity contribution >= 4 is 17.0 Å². The van der Waals surface area contributed by atoms with E-state index in [1.807, 2.05) is 23.6 Å². The number of ether oxygens (including phenoxy) is 1. The smallest absolute Gasteiger partial charge is 0.143 e. The number of rotatable bonds is 3. The fraction of sp³-hybridized carbons (Fsp3) is 0.250. The molecule has 3 aromatic rings. The maximum Gasteiger partial charge on any atom is 0.143 e. The molecule has 0 atom stereocenters. The molecule has 3 nitrogen and oxygen atoms in total. The van der Waals surface area contributed by atoms with Gasteiger partial charge in [-0.2, -0.15) is 0 Å². The van der Waals surface area contributed by atoms with Gasteiger partial charge in [-0.3, -0.25) is 0 Å². The van der Waals surface area contributed by atoms with Crippen molar-refractivity contribution in [2.45, 2.75) is 25.9 Å². The second kappa shape index (κ2) is 6.15. The van der Waals surface area contributed by atoms with Crippen molar-refractivity contribution in [1.29, 1.82) is 0 Å². The van der Waals surface area contributed by atoms with Crippen LogP contribution in [0.3, 0.4) is 0 Å². The predicted molar refractivity (Wildman–Crippen MR) is 100.0 cm³/mol. The first-order valence-electron chi connectivity index (χ1n) is 8.25. The first kappa shape index (κ1) is 16.1. The third-order valence-electron chi connectivity index (χ3n) is 4.22. The van der Waals surface area contributed by atoms with E-state index in [1.54, 1.807) is 23.5 Å². The van der Waals surface area contributed by atoms with Crippen LogP contribution in [0, 0.1) is 5.82 Å². The minimum absolute atomic E-state index is 0.183. The maximum atomic E-state index is 13.8. The normalized spacial score (nSPS) is 15.2. The van der Waals surface area contributed by atoms with E-state index in [1.165, 1.54) is 6.07 Å². The molecule has 0 aliphatic carbocycles. The van der Waals surface area contributed by atoms with Crippen LogP contribution in [-0.4, -0.2) is 17.1 Å². The minimum atomic E-state index is -0.206. The molecule has 2 heterocycles. The van der Waals surface area contributed by atoms with Gasteiger partial charge in [0, 0.05) is 17.4 Å². The summed E-state index contributed by atoms with van der Waals surface area (Å²) in [6, 6.07) is 12.9. The molecule has 1 aliphatic heterocycles. The van der Waals surface area contributed by atoms with Gasteiger partial charge in [0.1, 0.15) is 17.2 Å². The Balaban J connectivity index is 1.58. The highest BCUT2D eigenvalue weighted by atomic mass is 32.1. The van der Waals surface area contributed by atoms with Gasteiger partial charge in [-0.05, 0) is 43.7 Å². The summed E-state index contributed by atoms with van der Waals surface area (Å²) in [7, 11) is 0. The van der Waals surface area contributed by atoms with Crippen molar-refractivity contribution in [3.63, 3.8) is 0 Å². The Morgan fingerprint density at radius 2 is 2.08 bits per heavy atom. The molecule has 0 amide bonds. The van der Waals surface area contributed by atoms with Crippen LogP contribution in [0.4, 0.5) is 10.1 Å². The molecule has 5 heteroatoms. The Kier molecular flexibility index (Phi) is 3.96. The molecular formula is C20H19FN2OS. The summed E-state index contributed by atoms with van der Waals surface area (Å²) in [5, 5.41) is 6.34. The molecule has 0 bridgehead atoms. The maximum absolute atomic E-state index is 13.8. The van der Waals surface area contributed by atoms with Crippen LogP contribution in [0.5, 0.6) is 5.75 Å². The van der Waals surface area contributed by atoms with Gasteiger partial charge in [-0.15, -0.1) is 11.3 Å². The van der Waals surface area contributed by atoms with E-state index in [0.29, 0.717) is 12.0 Å². The van der Waals surface area contributed by atoms with E-state index in [-0.39, 0.29) is 11.4 Å². The molecule has 0 saturated heterocycles. The molecule has 128 valence electrons. The third kappa shape index (κ3) is 3.37. The number of hydrogen-bond acceptors (Lipinski definition) is 4. The molecule has 0 fully saturated rings. The van der Waals surface area contributed by atoms with Gasteiger partial charge in [-0.1, -0.05) is 18.2 Å². The zero-order chi connectivity index (χ0) is 17.4. The van der Waals surface area contributed by atoms with Crippen molar-refractivity contribution < 1.29 is 9.13 Å². The number of fused-ring (bicyclic) bond motifs is 1. The van der Waals surface area contributed by atoms with E-state index in [4.69, 9.17) is 4.74 Å². The van der Waals surface area contributed by atoms with Crippen LogP contribution < -0.4 is 10.1 Å². The molecule has 0 radical (unpaired) electrons. The molecule has 0 saturated carbocycles. The van der Waals surface area contributed by atoms with Crippen molar-refractivity contribution in [2.24, 2.45) is 0 Å². The Morgan fingerprint density at radius 3 is 2.92 bits per heavy atom. The fourth-order valence-corrected chi connectivity index (χ4v) is 3.71. The van der Waals surface area contributed by atoms with Crippen molar-refractivity contribution in [1.82, 2.24) is 4.98 Å². The summed E-state index contributed by atoms with van der Waals surface area (Å²) in [6.45, 7) is 4.89. The van der Waals surface area contributed by atoms with Gasteiger partial charge in [0.25, 0.3) is 0 Å². The van der Waals surface area contributed by atoms with Crippen molar-refractivity contribution in [2.75, 3.05) is 11.9 Å². The predicted octanol–water partition coefficient (Wildman–Crippen LogP) is 5.12. The highest BCUT2D eigenvalue weighted by molar-refractivity contribution is 7.10. The van der Waals surface area contributed by atoms with Gasteiger partial charge < -0.3 is 10.1 Å². The number of aromatic nitrogens is 1. The lowest BCUT2D eigenvalue weighted by atomic mass is 10.1. The summed E-state index contributed by atoms with van der Waals surface area (Å²) < 4.78 is 19.8. The highest BCUT2D eigenvalue weighted by Gasteiger charge is 2.26. The minimum Gasteiger partial charge on any atom is -0.484 e. The second-order valence-electron chi connectivity index (χ2n) is 6.82. The monoisotopic (exact) mass is 354 g/mol. The van der Waals surface area contributed by atoms with Crippen LogP contribution >= 0.6 is 11.3 Å². The Labute approximate surface area is 150 Å². The largest absolute Gasteiger partial charge is 0.484 e. The lowest BCUT2D eigenvalue weighted by Crippen LogP contribution is -2.39. The van der Waals surface area contributed by atoms with Crippen molar-refractivity contribution in [3.05, 3.63) is 64.2 Å². The van der Waals surface area contributed by atoms with Crippen LogP contribution in [0.2, 0.25) is 0 Å². The van der Waals surface area contributed by atoms with Gasteiger partial charge in [0.05, 0.1) is 22.9 Å². The van der Waals surface area contributed by atoms with Crippen molar-refractivity contribution in [3.8, 4) is 17.0 Å². The van der Waals surface area contributed by atoms with Crippen LogP contribution in [0.25, 0.3) is 11.3 Å². The number of nitrogens with one attached hydrogen (secondary N) is 1. The first-order valence-corrected chi connectivity index (χ1v) is 9.13. The zero-order valence-electron chi connectivity index (χ0n) is 14.2. The molecular weight excluding hydrogens is 335 g/mol. The Bertz CT molecular complexity index is 920. The standard InChI is InChI=1S/C20H19FN2OS/c1-20(2)12-22-16-9-14(7-8-18(16)24-20)17-11-25-19(23-17)10-13-5-3-4-6-15(13)21/h3-9,11,22H,10,12H2,1-2H3. The molecule has 0 unspecified atom stereocenters. The fourth-order valence-electron chi connectivity index (χ4n) is 2.89. The number of hydrogen-bond donors (Lipinski definition) is 1. The third-order valence-corrected chi connectivity index (χ3v) is 5.07. The molecule has 25 heavy (non-hydrogen) atoms. The average molecular weight is 354 g/mol. The van der Waals surface area contributed by atoms with Gasteiger partial charge in [0.2, 0.25) is 0 Å². The summed E-state index contributed by atoms with van der Waals surface area (Å²) in [6.07, 6.45) is 0.512. The molecule has 1 aromatic heterocycles. The summed E-state index contributed by atoms with van der Waals surface area (Å²) in [5.74, 6) is 0.679. The first-order chi connectivity index (χ1) is 12.0. The number of benzene rings is 2. The molecule has 1 N–H and O–H groups in total. The summed E-state index contributed by atoms with van der Waals surface area (Å²) in [5.41, 5.74) is 3.39. The topological polar surface area (TPSA) is 34.2 Å². The van der Waals surface area contributed by atoms with E-state index < -0.39 is 0 Å².